The molecule has 1 fully saturated rings. The third kappa shape index (κ3) is 3.58. The fraction of sp³-hybridized carbons (Fsp3) is 0.643. The Morgan fingerprint density at radius 3 is 2.68 bits per heavy atom. The summed E-state index contributed by atoms with van der Waals surface area (Å²) in [5.74, 6) is -0.541. The summed E-state index contributed by atoms with van der Waals surface area (Å²) in [6, 6.07) is 3.00. The van der Waals surface area contributed by atoms with Gasteiger partial charge in [0.15, 0.2) is 0 Å². The number of hydrogen-bond acceptors (Lipinski definition) is 4. The fourth-order valence-corrected chi connectivity index (χ4v) is 2.53. The van der Waals surface area contributed by atoms with Crippen LogP contribution in [-0.2, 0) is 0 Å². The monoisotopic (exact) mass is 267 g/mol. The highest BCUT2D eigenvalue weighted by molar-refractivity contribution is 5.84. The molecule has 1 saturated carbocycles. The van der Waals surface area contributed by atoms with Gasteiger partial charge < -0.3 is 19.9 Å². The molecule has 1 atom stereocenters. The molecule has 0 aromatic carbocycles. The van der Waals surface area contributed by atoms with E-state index in [4.69, 9.17) is 9.52 Å². The molecule has 1 aliphatic rings. The average molecular weight is 267 g/mol. The van der Waals surface area contributed by atoms with E-state index in [1.165, 1.54) is 12.5 Å². The van der Waals surface area contributed by atoms with Crippen molar-refractivity contribution in [3.63, 3.8) is 0 Å². The van der Waals surface area contributed by atoms with E-state index in [9.17, 15) is 9.90 Å². The van der Waals surface area contributed by atoms with Gasteiger partial charge in [-0.3, -0.25) is 0 Å². The molecule has 1 heterocycles. The maximum Gasteiger partial charge on any atom is 0.371 e. The zero-order valence-corrected chi connectivity index (χ0v) is 11.2. The molecule has 0 amide bonds. The molecule has 0 bridgehead atoms. The first kappa shape index (κ1) is 14.1. The first-order valence-corrected chi connectivity index (χ1v) is 6.79. The Labute approximate surface area is 112 Å². The molecule has 0 spiro atoms. The number of carboxylic acids is 1. The highest BCUT2D eigenvalue weighted by Gasteiger charge is 2.29. The van der Waals surface area contributed by atoms with Gasteiger partial charge in [-0.05, 0) is 31.9 Å². The zero-order valence-electron chi connectivity index (χ0n) is 11.2. The van der Waals surface area contributed by atoms with E-state index in [1.807, 2.05) is 6.92 Å². The van der Waals surface area contributed by atoms with Crippen LogP contribution < -0.4 is 5.32 Å². The van der Waals surface area contributed by atoms with Crippen LogP contribution in [0.25, 0.3) is 0 Å². The lowest BCUT2D eigenvalue weighted by atomic mass is 9.85. The normalized spacial score (nSPS) is 20.1. The predicted molar refractivity (Wildman–Crippen MR) is 70.1 cm³/mol. The topological polar surface area (TPSA) is 82.7 Å². The van der Waals surface area contributed by atoms with Gasteiger partial charge in [0.05, 0.1) is 11.6 Å². The van der Waals surface area contributed by atoms with Gasteiger partial charge in [0.25, 0.3) is 0 Å². The molecular weight excluding hydrogens is 246 g/mol. The van der Waals surface area contributed by atoms with Crippen LogP contribution in [-0.4, -0.2) is 28.3 Å². The fourth-order valence-electron chi connectivity index (χ4n) is 2.53. The van der Waals surface area contributed by atoms with Crippen LogP contribution in [0.1, 0.15) is 61.4 Å². The van der Waals surface area contributed by atoms with Gasteiger partial charge in [-0.1, -0.05) is 19.3 Å². The van der Waals surface area contributed by atoms with Crippen molar-refractivity contribution in [3.05, 3.63) is 23.7 Å². The van der Waals surface area contributed by atoms with Crippen molar-refractivity contribution in [2.24, 2.45) is 0 Å². The minimum atomic E-state index is -1.07. The Morgan fingerprint density at radius 2 is 2.11 bits per heavy atom. The summed E-state index contributed by atoms with van der Waals surface area (Å²) in [6.07, 6.45) is 4.97. The van der Waals surface area contributed by atoms with E-state index in [0.717, 1.165) is 25.7 Å². The number of hydrogen-bond donors (Lipinski definition) is 3. The number of carboxylic acid groups (broad SMARTS) is 1. The molecule has 3 N–H and O–H groups in total. The van der Waals surface area contributed by atoms with Gasteiger partial charge in [0, 0.05) is 6.54 Å². The highest BCUT2D eigenvalue weighted by atomic mass is 16.4. The first-order valence-electron chi connectivity index (χ1n) is 6.79. The van der Waals surface area contributed by atoms with Crippen LogP contribution in [0.4, 0.5) is 0 Å². The highest BCUT2D eigenvalue weighted by Crippen LogP contribution is 2.28. The summed E-state index contributed by atoms with van der Waals surface area (Å²) < 4.78 is 5.24. The van der Waals surface area contributed by atoms with Crippen LogP contribution in [0.5, 0.6) is 0 Å². The minimum Gasteiger partial charge on any atom is -0.475 e. The molecule has 0 radical (unpaired) electrons. The predicted octanol–water partition coefficient (Wildman–Crippen LogP) is 2.32. The molecule has 0 aliphatic heterocycles. The molecule has 0 saturated heterocycles. The average Bonchev–Trinajstić information content (AvgIpc) is 2.87. The van der Waals surface area contributed by atoms with E-state index in [2.05, 4.69) is 5.32 Å². The smallest absolute Gasteiger partial charge is 0.371 e. The quantitative estimate of drug-likeness (QED) is 0.762. The summed E-state index contributed by atoms with van der Waals surface area (Å²) in [7, 11) is 0. The van der Waals surface area contributed by atoms with Gasteiger partial charge in [-0.2, -0.15) is 0 Å². The number of carbonyl (C=O) groups is 1. The van der Waals surface area contributed by atoms with Gasteiger partial charge in [0.2, 0.25) is 5.76 Å². The standard InChI is InChI=1S/C14H21NO4/c1-10(11-5-6-12(19-11)13(16)17)15-9-14(18)7-3-2-4-8-14/h5-6,10,15,18H,2-4,7-9H2,1H3,(H,16,17). The van der Waals surface area contributed by atoms with E-state index < -0.39 is 11.6 Å². The zero-order chi connectivity index (χ0) is 13.9. The third-order valence-electron chi connectivity index (χ3n) is 3.79. The van der Waals surface area contributed by atoms with Crippen LogP contribution in [0, 0.1) is 0 Å². The Balaban J connectivity index is 1.89. The van der Waals surface area contributed by atoms with Gasteiger partial charge in [-0.15, -0.1) is 0 Å². The van der Waals surface area contributed by atoms with Crippen molar-refractivity contribution in [1.82, 2.24) is 5.32 Å². The SMILES string of the molecule is CC(NCC1(O)CCCCC1)c1ccc(C(=O)O)o1. The molecule has 1 aliphatic carbocycles. The maximum atomic E-state index is 10.7. The van der Waals surface area contributed by atoms with E-state index in [-0.39, 0.29) is 11.8 Å². The lowest BCUT2D eigenvalue weighted by Gasteiger charge is -2.33. The van der Waals surface area contributed by atoms with Crippen LogP contribution >= 0.6 is 0 Å². The van der Waals surface area contributed by atoms with Crippen molar-refractivity contribution >= 4 is 5.97 Å². The van der Waals surface area contributed by atoms with E-state index in [1.54, 1.807) is 6.07 Å². The Morgan fingerprint density at radius 1 is 1.42 bits per heavy atom. The molecule has 19 heavy (non-hydrogen) atoms. The Hall–Kier alpha value is -1.33. The second-order valence-electron chi connectivity index (χ2n) is 5.39. The van der Waals surface area contributed by atoms with Crippen molar-refractivity contribution in [3.8, 4) is 0 Å². The summed E-state index contributed by atoms with van der Waals surface area (Å²) in [6.45, 7) is 2.41. The van der Waals surface area contributed by atoms with Crippen molar-refractivity contribution < 1.29 is 19.4 Å². The summed E-state index contributed by atoms with van der Waals surface area (Å²) in [5.41, 5.74) is -0.630. The molecule has 2 rings (SSSR count). The summed E-state index contributed by atoms with van der Waals surface area (Å²) >= 11 is 0. The summed E-state index contributed by atoms with van der Waals surface area (Å²) in [4.78, 5) is 10.7. The second kappa shape index (κ2) is 5.75. The van der Waals surface area contributed by atoms with Gasteiger partial charge in [-0.25, -0.2) is 4.79 Å². The van der Waals surface area contributed by atoms with Gasteiger partial charge >= 0.3 is 5.97 Å². The van der Waals surface area contributed by atoms with Crippen LogP contribution in [0.15, 0.2) is 16.5 Å². The Kier molecular flexibility index (Phi) is 4.27. The van der Waals surface area contributed by atoms with Crippen molar-refractivity contribution in [1.29, 1.82) is 0 Å². The molecule has 1 unspecified atom stereocenters. The maximum absolute atomic E-state index is 10.7. The lowest BCUT2D eigenvalue weighted by molar-refractivity contribution is 0.00248. The first-order chi connectivity index (χ1) is 9.00. The molecule has 106 valence electrons. The number of aromatic carboxylic acids is 1. The number of furan rings is 1. The van der Waals surface area contributed by atoms with Crippen molar-refractivity contribution in [2.75, 3.05) is 6.54 Å². The molecule has 5 nitrogen and oxygen atoms in total. The Bertz CT molecular complexity index is 434. The summed E-state index contributed by atoms with van der Waals surface area (Å²) in [5, 5.41) is 22.4. The largest absolute Gasteiger partial charge is 0.475 e. The molecule has 5 heteroatoms. The lowest BCUT2D eigenvalue weighted by Crippen LogP contribution is -2.42. The second-order valence-corrected chi connectivity index (χ2v) is 5.39. The number of rotatable bonds is 5. The third-order valence-corrected chi connectivity index (χ3v) is 3.79. The van der Waals surface area contributed by atoms with Crippen LogP contribution in [0.2, 0.25) is 0 Å². The molecule has 1 aromatic heterocycles. The number of aliphatic hydroxyl groups is 1. The number of nitrogens with one attached hydrogen (secondary N) is 1. The van der Waals surface area contributed by atoms with E-state index in [0.29, 0.717) is 12.3 Å². The molecule has 1 aromatic rings. The minimum absolute atomic E-state index is 0.0555. The molecular formula is C14H21NO4. The van der Waals surface area contributed by atoms with Gasteiger partial charge in [0.1, 0.15) is 5.76 Å². The van der Waals surface area contributed by atoms with E-state index >= 15 is 0 Å². The van der Waals surface area contributed by atoms with Crippen molar-refractivity contribution in [2.45, 2.75) is 50.7 Å². The van der Waals surface area contributed by atoms with Crippen LogP contribution in [0.3, 0.4) is 0 Å².